The lowest BCUT2D eigenvalue weighted by Crippen LogP contribution is -2.42. The van der Waals surface area contributed by atoms with Gasteiger partial charge in [-0.25, -0.2) is 5.06 Å². The molecule has 0 fully saturated rings. The SMILES string of the molecule is CCCCC[C@H](CN(O)C=O)C(=O)NCNC(=O)c1ccc(-c2cccc(P(C)(=O)OC)c2)o1.[H+]. The topological polar surface area (TPSA) is 138 Å². The van der Waals surface area contributed by atoms with Crippen LogP contribution in [-0.4, -0.2) is 55.5 Å². The Labute approximate surface area is 200 Å². The van der Waals surface area contributed by atoms with Crippen molar-refractivity contribution in [3.8, 4) is 11.3 Å². The summed E-state index contributed by atoms with van der Waals surface area (Å²) in [5.74, 6) is -1.04. The van der Waals surface area contributed by atoms with Gasteiger partial charge in [-0.05, 0) is 30.7 Å². The summed E-state index contributed by atoms with van der Waals surface area (Å²) in [6.45, 7) is 3.29. The number of rotatable bonds is 14. The van der Waals surface area contributed by atoms with Gasteiger partial charge in [0.25, 0.3) is 5.91 Å². The van der Waals surface area contributed by atoms with E-state index in [0.717, 1.165) is 19.3 Å². The zero-order chi connectivity index (χ0) is 25.1. The van der Waals surface area contributed by atoms with Gasteiger partial charge in [-0.3, -0.25) is 24.2 Å². The Kier molecular flexibility index (Phi) is 10.5. The Hall–Kier alpha value is -2.94. The highest BCUT2D eigenvalue weighted by Gasteiger charge is 2.21. The fourth-order valence-corrected chi connectivity index (χ4v) is 4.23. The second-order valence-corrected chi connectivity index (χ2v) is 10.5. The Morgan fingerprint density at radius 3 is 2.71 bits per heavy atom. The summed E-state index contributed by atoms with van der Waals surface area (Å²) in [5, 5.41) is 15.6. The van der Waals surface area contributed by atoms with Gasteiger partial charge in [-0.15, -0.1) is 0 Å². The van der Waals surface area contributed by atoms with Gasteiger partial charge in [0.1, 0.15) is 5.76 Å². The predicted molar refractivity (Wildman–Crippen MR) is 128 cm³/mol. The van der Waals surface area contributed by atoms with Crippen molar-refractivity contribution in [1.29, 1.82) is 0 Å². The summed E-state index contributed by atoms with van der Waals surface area (Å²) in [4.78, 5) is 35.6. The Bertz CT molecular complexity index is 1030. The third-order valence-electron chi connectivity index (χ3n) is 5.35. The van der Waals surface area contributed by atoms with E-state index in [-0.39, 0.29) is 32.7 Å². The van der Waals surface area contributed by atoms with Crippen LogP contribution in [0.3, 0.4) is 0 Å². The minimum atomic E-state index is -2.94. The minimum absolute atomic E-state index is 0. The molecule has 1 aromatic heterocycles. The molecule has 10 nitrogen and oxygen atoms in total. The zero-order valence-corrected chi connectivity index (χ0v) is 20.5. The molecule has 3 N–H and O–H groups in total. The number of carbonyl (C=O) groups excluding carboxylic acids is 3. The molecule has 2 rings (SSSR count). The van der Waals surface area contributed by atoms with Crippen LogP contribution in [0.5, 0.6) is 0 Å². The molecule has 1 unspecified atom stereocenters. The first-order chi connectivity index (χ1) is 16.2. The van der Waals surface area contributed by atoms with Crippen LogP contribution in [0.1, 0.15) is 44.6 Å². The van der Waals surface area contributed by atoms with E-state index in [1.165, 1.54) is 19.8 Å². The van der Waals surface area contributed by atoms with Crippen LogP contribution in [0.4, 0.5) is 0 Å². The van der Waals surface area contributed by atoms with Crippen molar-refractivity contribution in [2.75, 3.05) is 27.0 Å². The van der Waals surface area contributed by atoms with Crippen LogP contribution in [0.15, 0.2) is 40.8 Å². The van der Waals surface area contributed by atoms with Gasteiger partial charge in [0.05, 0.1) is 19.1 Å². The van der Waals surface area contributed by atoms with E-state index < -0.39 is 19.2 Å². The summed E-state index contributed by atoms with van der Waals surface area (Å²) >= 11 is 0. The molecule has 0 spiro atoms. The van der Waals surface area contributed by atoms with Crippen molar-refractivity contribution in [3.63, 3.8) is 0 Å². The number of nitrogens with zero attached hydrogens (tertiary/aromatic N) is 1. The van der Waals surface area contributed by atoms with Crippen LogP contribution in [0, 0.1) is 5.92 Å². The first-order valence-corrected chi connectivity index (χ1v) is 13.1. The molecule has 0 aliphatic heterocycles. The van der Waals surface area contributed by atoms with E-state index in [9.17, 15) is 24.2 Å². The van der Waals surface area contributed by atoms with Crippen LogP contribution in [-0.2, 0) is 18.7 Å². The van der Waals surface area contributed by atoms with Crippen molar-refractivity contribution in [2.45, 2.75) is 32.6 Å². The first kappa shape index (κ1) is 27.3. The van der Waals surface area contributed by atoms with Gasteiger partial charge in [0.15, 0.2) is 5.76 Å². The van der Waals surface area contributed by atoms with Crippen molar-refractivity contribution in [3.05, 3.63) is 42.2 Å². The number of unbranched alkanes of at least 4 members (excludes halogenated alkanes) is 2. The van der Waals surface area contributed by atoms with Gasteiger partial charge >= 0.3 is 1.43 Å². The first-order valence-electron chi connectivity index (χ1n) is 11.0. The number of hydrogen-bond donors (Lipinski definition) is 3. The molecule has 2 atom stereocenters. The highest BCUT2D eigenvalue weighted by molar-refractivity contribution is 7.66. The maximum atomic E-state index is 12.5. The maximum absolute atomic E-state index is 12.5. The summed E-state index contributed by atoms with van der Waals surface area (Å²) < 4.78 is 23.2. The molecule has 0 saturated heterocycles. The maximum Gasteiger partial charge on any atom is 1.00 e. The third-order valence-corrected chi connectivity index (χ3v) is 7.26. The van der Waals surface area contributed by atoms with Crippen molar-refractivity contribution in [1.82, 2.24) is 15.7 Å². The third kappa shape index (κ3) is 7.83. The Morgan fingerprint density at radius 2 is 2.03 bits per heavy atom. The zero-order valence-electron chi connectivity index (χ0n) is 20.7. The Morgan fingerprint density at radius 1 is 1.26 bits per heavy atom. The van der Waals surface area contributed by atoms with E-state index in [0.29, 0.717) is 28.1 Å². The molecule has 0 aliphatic carbocycles. The molecular formula is C23H33N3O7P+. The standard InChI is InChI=1S/C23H32N3O7P/c1-4-5-6-8-18(14-26(30)16-27)22(28)24-15-25-23(29)21-12-11-20(33-21)17-9-7-10-19(13-17)34(3,31)32-2/h7,9-13,16,18,30H,4-6,8,14-15H2,1-3H3,(H,24,28)(H,25,29)/p+1/t18-,34?/m1/s1. The van der Waals surface area contributed by atoms with Gasteiger partial charge in [-0.1, -0.05) is 38.3 Å². The molecule has 11 heteroatoms. The van der Waals surface area contributed by atoms with Gasteiger partial charge in [0, 0.05) is 24.6 Å². The van der Waals surface area contributed by atoms with Crippen LogP contribution in [0.2, 0.25) is 0 Å². The lowest BCUT2D eigenvalue weighted by Gasteiger charge is -2.19. The molecule has 3 amide bonds. The minimum Gasteiger partial charge on any atom is -0.451 e. The van der Waals surface area contributed by atoms with Crippen LogP contribution >= 0.6 is 7.37 Å². The second-order valence-electron chi connectivity index (χ2n) is 7.89. The number of nitrogens with one attached hydrogen (secondary N) is 2. The molecule has 0 bridgehead atoms. The molecule has 2 aromatic rings. The highest BCUT2D eigenvalue weighted by atomic mass is 31.2. The smallest absolute Gasteiger partial charge is 0.451 e. The number of amides is 3. The lowest BCUT2D eigenvalue weighted by molar-refractivity contribution is -0.154. The molecule has 1 aromatic carbocycles. The van der Waals surface area contributed by atoms with E-state index in [1.807, 2.05) is 6.92 Å². The summed E-state index contributed by atoms with van der Waals surface area (Å²) in [6, 6.07) is 10.0. The fraction of sp³-hybridized carbons (Fsp3) is 0.435. The van der Waals surface area contributed by atoms with Gasteiger partial charge < -0.3 is 19.6 Å². The van der Waals surface area contributed by atoms with E-state index in [2.05, 4.69) is 10.6 Å². The van der Waals surface area contributed by atoms with Crippen molar-refractivity contribution in [2.24, 2.45) is 5.92 Å². The monoisotopic (exact) mass is 494 g/mol. The number of hydroxylamine groups is 2. The molecule has 0 radical (unpaired) electrons. The number of furan rings is 1. The number of carbonyl (C=O) groups is 3. The quantitative estimate of drug-likeness (QED) is 0.0916. The van der Waals surface area contributed by atoms with Crippen LogP contribution in [0.25, 0.3) is 11.3 Å². The summed E-state index contributed by atoms with van der Waals surface area (Å²) in [6.07, 6.45) is 3.44. The largest absolute Gasteiger partial charge is 1.00 e. The van der Waals surface area contributed by atoms with Gasteiger partial charge in [-0.2, -0.15) is 0 Å². The fourth-order valence-electron chi connectivity index (χ4n) is 3.29. The molecule has 0 saturated carbocycles. The van der Waals surface area contributed by atoms with Crippen molar-refractivity contribution >= 4 is 30.9 Å². The van der Waals surface area contributed by atoms with E-state index >= 15 is 0 Å². The van der Waals surface area contributed by atoms with Gasteiger partial charge in [0.2, 0.25) is 19.7 Å². The predicted octanol–water partition coefficient (Wildman–Crippen LogP) is 3.09. The summed E-state index contributed by atoms with van der Waals surface area (Å²) in [7, 11) is -1.55. The van der Waals surface area contributed by atoms with E-state index in [4.69, 9.17) is 8.94 Å². The molecule has 186 valence electrons. The summed E-state index contributed by atoms with van der Waals surface area (Å²) in [5.41, 5.74) is 0.641. The number of benzene rings is 1. The molecular weight excluding hydrogens is 461 g/mol. The molecule has 34 heavy (non-hydrogen) atoms. The average Bonchev–Trinajstić information content (AvgIpc) is 3.34. The second kappa shape index (κ2) is 13.1. The van der Waals surface area contributed by atoms with Crippen molar-refractivity contribution < 1.29 is 34.5 Å². The Balaban J connectivity index is 0.00000612. The normalized spacial score (nSPS) is 13.5. The lowest BCUT2D eigenvalue weighted by atomic mass is 10.0. The molecule has 1 heterocycles. The highest BCUT2D eigenvalue weighted by Crippen LogP contribution is 2.40. The number of hydrogen-bond acceptors (Lipinski definition) is 7. The average molecular weight is 495 g/mol. The van der Waals surface area contributed by atoms with E-state index in [1.54, 1.807) is 30.3 Å². The molecule has 0 aliphatic rings. The van der Waals surface area contributed by atoms with Crippen LogP contribution < -0.4 is 15.9 Å².